The molecule has 12 rings (SSSR count). The summed E-state index contributed by atoms with van der Waals surface area (Å²) in [5, 5.41) is 29.7. The second-order valence-electron chi connectivity index (χ2n) is 34.5. The van der Waals surface area contributed by atoms with Crippen LogP contribution in [0.25, 0.3) is 0 Å². The SMILES string of the molecule is CCC(O)Cc1cccc(OCC2CCCCC2)c1.CCCC(=O)c1cccc(OCC2CCCCC2)c1.CCCC(O)c1cccc(OCC2CCCCC2)c1.CCCC(O)c1cccc(OCC2CCCCCC2)c1.CCCCc1cccc(OCC2CCCCC2)c1.CCCCc1cccc(OCC2CCCCCC2)c1. The van der Waals surface area contributed by atoms with Crippen molar-refractivity contribution in [3.05, 3.63) is 179 Å². The fraction of sp³-hybridized carbons (Fsp3) is 0.644. The lowest BCUT2D eigenvalue weighted by atomic mass is 9.90. The number of carbonyl (C=O) groups excluding carboxylic acids is 1. The predicted octanol–water partition coefficient (Wildman–Crippen LogP) is 28.3. The second kappa shape index (κ2) is 59.3. The lowest BCUT2D eigenvalue weighted by molar-refractivity contribution is 0.0981. The first-order chi connectivity index (χ1) is 55.9. The van der Waals surface area contributed by atoms with E-state index in [1.807, 2.05) is 98.8 Å². The van der Waals surface area contributed by atoms with Gasteiger partial charge in [-0.1, -0.05) is 268 Å². The third-order valence-corrected chi connectivity index (χ3v) is 24.3. The minimum absolute atomic E-state index is 0.214. The van der Waals surface area contributed by atoms with Gasteiger partial charge in [0.05, 0.1) is 58.0 Å². The molecule has 0 saturated heterocycles. The van der Waals surface area contributed by atoms with Crippen LogP contribution in [0.5, 0.6) is 34.5 Å². The van der Waals surface area contributed by atoms with Crippen molar-refractivity contribution in [3.8, 4) is 34.5 Å². The Balaban J connectivity index is 0.000000190. The molecule has 3 unspecified atom stereocenters. The Morgan fingerprint density at radius 2 is 0.588 bits per heavy atom. The van der Waals surface area contributed by atoms with Crippen molar-refractivity contribution in [1.82, 2.24) is 0 Å². The molecule has 10 nitrogen and oxygen atoms in total. The minimum Gasteiger partial charge on any atom is -0.493 e. The molecule has 6 aliphatic carbocycles. The van der Waals surface area contributed by atoms with Crippen LogP contribution in [0.3, 0.4) is 0 Å². The molecule has 634 valence electrons. The highest BCUT2D eigenvalue weighted by Gasteiger charge is 2.21. The van der Waals surface area contributed by atoms with Gasteiger partial charge in [-0.25, -0.2) is 0 Å². The fourth-order valence-electron chi connectivity index (χ4n) is 16.9. The molecule has 0 heterocycles. The number of rotatable bonds is 36. The zero-order valence-corrected chi connectivity index (χ0v) is 72.5. The predicted molar refractivity (Wildman–Crippen MR) is 477 cm³/mol. The van der Waals surface area contributed by atoms with Gasteiger partial charge in [0.15, 0.2) is 5.78 Å². The normalized spacial score (nSPS) is 17.5. The van der Waals surface area contributed by atoms with Crippen molar-refractivity contribution in [1.29, 1.82) is 0 Å². The van der Waals surface area contributed by atoms with Gasteiger partial charge >= 0.3 is 0 Å². The van der Waals surface area contributed by atoms with Gasteiger partial charge in [0.25, 0.3) is 0 Å². The summed E-state index contributed by atoms with van der Waals surface area (Å²) in [4.78, 5) is 11.8. The van der Waals surface area contributed by atoms with E-state index in [1.165, 1.54) is 255 Å². The summed E-state index contributed by atoms with van der Waals surface area (Å²) in [6.45, 7) is 17.8. The van der Waals surface area contributed by atoms with E-state index in [0.29, 0.717) is 18.3 Å². The number of hydrogen-bond acceptors (Lipinski definition) is 10. The standard InChI is InChI=1S/C18H28O2.C18H28O.2C17H26O2.C17H24O2.C17H26O/c1-2-8-18(19)16-11-7-12-17(13-16)20-14-15-9-5-3-4-6-10-15;1-2-3-9-16-12-8-13-18(14-16)19-15-17-10-6-4-5-7-11-17;1-2-16(18)11-15-9-6-10-17(12-15)19-13-14-7-4-3-5-8-14;2*1-2-7-17(18)15-10-6-11-16(12-15)19-13-14-8-4-3-5-9-14;1-2-3-8-15-11-7-12-17(13-15)18-14-16-9-5-4-6-10-16/h7,11-13,15,18-19H,2-6,8-10,14H2,1H3;8,12-14,17H,2-7,9-11,15H2,1H3;6,9-10,12,14,16,18H,2-5,7-8,11,13H2,1H3;6,10-12,14,17-18H,2-5,7-9,13H2,1H3;6,10-12,14H,2-5,7-9,13H2,1H3;7,11-13,16H,2-6,8-10,14H2,1H3. The van der Waals surface area contributed by atoms with E-state index in [9.17, 15) is 20.1 Å². The molecule has 6 aromatic carbocycles. The van der Waals surface area contributed by atoms with Crippen LogP contribution in [0.15, 0.2) is 146 Å². The molecule has 3 atom stereocenters. The molecule has 6 fully saturated rings. The molecule has 0 spiro atoms. The van der Waals surface area contributed by atoms with Crippen LogP contribution in [0.1, 0.15) is 368 Å². The highest BCUT2D eigenvalue weighted by Crippen LogP contribution is 2.33. The van der Waals surface area contributed by atoms with Gasteiger partial charge in [-0.15, -0.1) is 0 Å². The lowest BCUT2D eigenvalue weighted by Crippen LogP contribution is -2.15. The first kappa shape index (κ1) is 94.8. The number of Topliss-reactive ketones (excluding diaryl/α,β-unsaturated/α-hetero) is 1. The van der Waals surface area contributed by atoms with Crippen LogP contribution < -0.4 is 28.4 Å². The van der Waals surface area contributed by atoms with Crippen molar-refractivity contribution in [2.24, 2.45) is 35.5 Å². The van der Waals surface area contributed by atoms with Crippen LogP contribution in [0.2, 0.25) is 0 Å². The van der Waals surface area contributed by atoms with Gasteiger partial charge in [-0.05, 0) is 271 Å². The molecule has 0 aromatic heterocycles. The number of aliphatic hydroxyl groups excluding tert-OH is 3. The van der Waals surface area contributed by atoms with Gasteiger partial charge in [-0.2, -0.15) is 0 Å². The van der Waals surface area contributed by atoms with Crippen molar-refractivity contribution in [3.63, 3.8) is 0 Å². The highest BCUT2D eigenvalue weighted by molar-refractivity contribution is 5.96. The van der Waals surface area contributed by atoms with Crippen LogP contribution >= 0.6 is 0 Å². The molecule has 3 N–H and O–H groups in total. The maximum Gasteiger partial charge on any atom is 0.162 e. The number of ether oxygens (including phenoxy) is 6. The van der Waals surface area contributed by atoms with E-state index in [1.54, 1.807) is 0 Å². The summed E-state index contributed by atoms with van der Waals surface area (Å²) in [5.74, 6) is 10.4. The molecule has 6 aliphatic rings. The number of ketones is 1. The minimum atomic E-state index is -0.360. The van der Waals surface area contributed by atoms with Crippen LogP contribution in [-0.2, 0) is 19.3 Å². The van der Waals surface area contributed by atoms with E-state index >= 15 is 0 Å². The Labute approximate surface area is 694 Å². The summed E-state index contributed by atoms with van der Waals surface area (Å²) in [7, 11) is 0. The van der Waals surface area contributed by atoms with Crippen molar-refractivity contribution < 1.29 is 48.5 Å². The third kappa shape index (κ3) is 40.7. The smallest absolute Gasteiger partial charge is 0.162 e. The Morgan fingerprint density at radius 3 is 0.886 bits per heavy atom. The zero-order chi connectivity index (χ0) is 80.7. The van der Waals surface area contributed by atoms with Gasteiger partial charge in [-0.3, -0.25) is 4.79 Å². The Kier molecular flexibility index (Phi) is 49.4. The van der Waals surface area contributed by atoms with Gasteiger partial charge in [0.1, 0.15) is 34.5 Å². The van der Waals surface area contributed by atoms with Crippen molar-refractivity contribution >= 4 is 5.78 Å². The first-order valence-electron chi connectivity index (χ1n) is 46.8. The van der Waals surface area contributed by atoms with Gasteiger partial charge in [0.2, 0.25) is 0 Å². The maximum atomic E-state index is 11.8. The number of hydrogen-bond donors (Lipinski definition) is 3. The van der Waals surface area contributed by atoms with Crippen LogP contribution in [0, 0.1) is 35.5 Å². The summed E-state index contributed by atoms with van der Waals surface area (Å²) in [6.07, 6.45) is 56.5. The summed E-state index contributed by atoms with van der Waals surface area (Å²) in [5.41, 5.74) is 6.73. The lowest BCUT2D eigenvalue weighted by Gasteiger charge is -2.22. The molecule has 0 aliphatic heterocycles. The summed E-state index contributed by atoms with van der Waals surface area (Å²) in [6, 6.07) is 49.0. The summed E-state index contributed by atoms with van der Waals surface area (Å²) >= 11 is 0. The van der Waals surface area contributed by atoms with Crippen LogP contribution in [-0.4, -0.2) is 66.8 Å². The fourth-order valence-corrected chi connectivity index (χ4v) is 16.9. The molecule has 10 heteroatoms. The van der Waals surface area contributed by atoms with Crippen molar-refractivity contribution in [2.75, 3.05) is 39.6 Å². The molecule has 0 amide bonds. The van der Waals surface area contributed by atoms with E-state index in [2.05, 4.69) is 88.4 Å². The first-order valence-corrected chi connectivity index (χ1v) is 46.8. The van der Waals surface area contributed by atoms with Crippen LogP contribution in [0.4, 0.5) is 0 Å². The number of unbranched alkanes of at least 4 members (excludes halogenated alkanes) is 2. The third-order valence-electron chi connectivity index (χ3n) is 24.3. The van der Waals surface area contributed by atoms with Crippen molar-refractivity contribution in [2.45, 2.75) is 355 Å². The van der Waals surface area contributed by atoms with Gasteiger partial charge < -0.3 is 43.7 Å². The molecule has 6 saturated carbocycles. The van der Waals surface area contributed by atoms with E-state index in [0.717, 1.165) is 165 Å². The highest BCUT2D eigenvalue weighted by atomic mass is 16.5. The van der Waals surface area contributed by atoms with E-state index < -0.39 is 0 Å². The Hall–Kier alpha value is -6.33. The molecule has 0 bridgehead atoms. The van der Waals surface area contributed by atoms with E-state index in [-0.39, 0.29) is 24.1 Å². The number of carbonyl (C=O) groups is 1. The largest absolute Gasteiger partial charge is 0.493 e. The monoisotopic (exact) mass is 1570 g/mol. The topological polar surface area (TPSA) is 133 Å². The summed E-state index contributed by atoms with van der Waals surface area (Å²) < 4.78 is 35.6. The molecule has 114 heavy (non-hydrogen) atoms. The molecular weight excluding hydrogens is 1410 g/mol. The molecular formula is C104H158O10. The maximum absolute atomic E-state index is 11.8. The zero-order valence-electron chi connectivity index (χ0n) is 72.5. The Bertz CT molecular complexity index is 3360. The van der Waals surface area contributed by atoms with Gasteiger partial charge in [0, 0.05) is 12.0 Å². The average molecular weight is 1570 g/mol. The molecule has 0 radical (unpaired) electrons. The number of aryl methyl sites for hydroxylation is 2. The second-order valence-corrected chi connectivity index (χ2v) is 34.5. The Morgan fingerprint density at radius 1 is 0.316 bits per heavy atom. The number of aliphatic hydroxyl groups is 3. The quantitative estimate of drug-likeness (QED) is 0.0258. The van der Waals surface area contributed by atoms with E-state index in [4.69, 9.17) is 28.4 Å². The average Bonchev–Trinajstić information content (AvgIpc) is 1.22. The number of benzene rings is 6. The molecule has 6 aromatic rings.